The SMILES string of the molecule is CCN(CC)C1CCN(C(=NCC(=O)N(C)C)NC2CCCCC2)C1. The Kier molecular flexibility index (Phi) is 8.00. The van der Waals surface area contributed by atoms with Gasteiger partial charge in [-0.2, -0.15) is 0 Å². The van der Waals surface area contributed by atoms with Crippen molar-refractivity contribution in [3.8, 4) is 0 Å². The fraction of sp³-hybridized carbons (Fsp3) is 0.895. The molecule has 0 aromatic heterocycles. The van der Waals surface area contributed by atoms with Gasteiger partial charge in [-0.05, 0) is 32.4 Å². The fourth-order valence-corrected chi connectivity index (χ4v) is 3.92. The van der Waals surface area contributed by atoms with Crippen molar-refractivity contribution in [1.82, 2.24) is 20.0 Å². The third kappa shape index (κ3) is 5.87. The van der Waals surface area contributed by atoms with E-state index in [-0.39, 0.29) is 12.5 Å². The third-order valence-corrected chi connectivity index (χ3v) is 5.59. The van der Waals surface area contributed by atoms with E-state index in [1.54, 1.807) is 19.0 Å². The van der Waals surface area contributed by atoms with E-state index in [1.165, 1.54) is 38.5 Å². The lowest BCUT2D eigenvalue weighted by atomic mass is 9.96. The van der Waals surface area contributed by atoms with Crippen LogP contribution in [0.4, 0.5) is 0 Å². The van der Waals surface area contributed by atoms with Crippen molar-refractivity contribution in [1.29, 1.82) is 0 Å². The molecule has 1 saturated carbocycles. The first kappa shape index (κ1) is 20.0. The topological polar surface area (TPSA) is 51.2 Å². The van der Waals surface area contributed by atoms with Crippen molar-refractivity contribution in [3.05, 3.63) is 0 Å². The summed E-state index contributed by atoms with van der Waals surface area (Å²) in [5, 5.41) is 3.67. The molecule has 1 heterocycles. The van der Waals surface area contributed by atoms with Crippen molar-refractivity contribution < 1.29 is 4.79 Å². The van der Waals surface area contributed by atoms with Gasteiger partial charge in [0.2, 0.25) is 5.91 Å². The Morgan fingerprint density at radius 1 is 1.12 bits per heavy atom. The van der Waals surface area contributed by atoms with Gasteiger partial charge >= 0.3 is 0 Å². The minimum Gasteiger partial charge on any atom is -0.353 e. The number of likely N-dealkylation sites (tertiary alicyclic amines) is 1. The van der Waals surface area contributed by atoms with E-state index < -0.39 is 0 Å². The van der Waals surface area contributed by atoms with Crippen LogP contribution in [0.15, 0.2) is 4.99 Å². The van der Waals surface area contributed by atoms with Gasteiger partial charge in [-0.3, -0.25) is 9.69 Å². The van der Waals surface area contributed by atoms with Crippen molar-refractivity contribution >= 4 is 11.9 Å². The summed E-state index contributed by atoms with van der Waals surface area (Å²) in [6.45, 7) is 8.92. The van der Waals surface area contributed by atoms with Crippen LogP contribution >= 0.6 is 0 Å². The number of rotatable bonds is 6. The molecule has 1 aliphatic heterocycles. The molecule has 1 atom stereocenters. The molecule has 2 aliphatic rings. The van der Waals surface area contributed by atoms with Crippen molar-refractivity contribution in [2.45, 2.75) is 64.5 Å². The van der Waals surface area contributed by atoms with Gasteiger partial charge in [0.25, 0.3) is 0 Å². The van der Waals surface area contributed by atoms with Crippen molar-refractivity contribution in [2.75, 3.05) is 46.8 Å². The highest BCUT2D eigenvalue weighted by atomic mass is 16.2. The summed E-state index contributed by atoms with van der Waals surface area (Å²) < 4.78 is 0. The molecule has 0 radical (unpaired) electrons. The summed E-state index contributed by atoms with van der Waals surface area (Å²) in [5.74, 6) is 0.999. The van der Waals surface area contributed by atoms with E-state index in [0.717, 1.165) is 32.1 Å². The number of hydrogen-bond donors (Lipinski definition) is 1. The van der Waals surface area contributed by atoms with Gasteiger partial charge in [-0.25, -0.2) is 4.99 Å². The first-order chi connectivity index (χ1) is 12.0. The summed E-state index contributed by atoms with van der Waals surface area (Å²) >= 11 is 0. The van der Waals surface area contributed by atoms with Gasteiger partial charge in [0.1, 0.15) is 6.54 Å². The minimum absolute atomic E-state index is 0.0578. The number of carbonyl (C=O) groups excluding carboxylic acids is 1. The molecule has 0 aromatic rings. The summed E-state index contributed by atoms with van der Waals surface area (Å²) in [4.78, 5) is 23.2. The Morgan fingerprint density at radius 2 is 1.80 bits per heavy atom. The van der Waals surface area contributed by atoms with E-state index >= 15 is 0 Å². The zero-order valence-corrected chi connectivity index (χ0v) is 16.6. The van der Waals surface area contributed by atoms with Crippen molar-refractivity contribution in [2.24, 2.45) is 4.99 Å². The molecular formula is C19H37N5O. The minimum atomic E-state index is 0.0578. The molecule has 2 fully saturated rings. The lowest BCUT2D eigenvalue weighted by Crippen LogP contribution is -2.47. The second-order valence-electron chi connectivity index (χ2n) is 7.52. The monoisotopic (exact) mass is 351 g/mol. The molecule has 1 saturated heterocycles. The van der Waals surface area contributed by atoms with Gasteiger partial charge in [-0.1, -0.05) is 33.1 Å². The van der Waals surface area contributed by atoms with Crippen LogP contribution in [-0.4, -0.2) is 85.5 Å². The van der Waals surface area contributed by atoms with Crippen LogP contribution < -0.4 is 5.32 Å². The van der Waals surface area contributed by atoms with E-state index in [4.69, 9.17) is 0 Å². The van der Waals surface area contributed by atoms with Crippen LogP contribution in [0, 0.1) is 0 Å². The molecule has 1 aliphatic carbocycles. The Labute approximate surface area is 153 Å². The third-order valence-electron chi connectivity index (χ3n) is 5.59. The van der Waals surface area contributed by atoms with E-state index in [9.17, 15) is 4.79 Å². The standard InChI is InChI=1S/C19H37N5O/c1-5-23(6-2)17-12-13-24(15-17)19(20-14-18(25)22(3)4)21-16-10-8-7-9-11-16/h16-17H,5-15H2,1-4H3,(H,20,21). The Morgan fingerprint density at radius 3 is 2.40 bits per heavy atom. The Hall–Kier alpha value is -1.30. The van der Waals surface area contributed by atoms with Gasteiger partial charge in [0.15, 0.2) is 5.96 Å². The number of amides is 1. The molecule has 0 aromatic carbocycles. The summed E-state index contributed by atoms with van der Waals surface area (Å²) in [7, 11) is 3.58. The highest BCUT2D eigenvalue weighted by Crippen LogP contribution is 2.20. The first-order valence-electron chi connectivity index (χ1n) is 10.0. The van der Waals surface area contributed by atoms with Crippen LogP contribution in [0.3, 0.4) is 0 Å². The highest BCUT2D eigenvalue weighted by Gasteiger charge is 2.29. The maximum atomic E-state index is 12.0. The Balaban J connectivity index is 2.02. The molecular weight excluding hydrogens is 314 g/mol. The molecule has 1 N–H and O–H groups in total. The predicted molar refractivity (Wildman–Crippen MR) is 104 cm³/mol. The molecule has 6 heteroatoms. The number of aliphatic imine (C=N–C) groups is 1. The molecule has 144 valence electrons. The number of nitrogens with one attached hydrogen (secondary N) is 1. The maximum Gasteiger partial charge on any atom is 0.243 e. The van der Waals surface area contributed by atoms with E-state index in [2.05, 4.69) is 34.0 Å². The zero-order valence-electron chi connectivity index (χ0n) is 16.6. The van der Waals surface area contributed by atoms with Crippen LogP contribution in [0.25, 0.3) is 0 Å². The van der Waals surface area contributed by atoms with Crippen LogP contribution in [0.2, 0.25) is 0 Å². The zero-order chi connectivity index (χ0) is 18.2. The number of carbonyl (C=O) groups is 1. The van der Waals surface area contributed by atoms with Crippen LogP contribution in [0.1, 0.15) is 52.4 Å². The average molecular weight is 352 g/mol. The molecule has 0 bridgehead atoms. The smallest absolute Gasteiger partial charge is 0.243 e. The molecule has 2 rings (SSSR count). The van der Waals surface area contributed by atoms with Crippen LogP contribution in [0.5, 0.6) is 0 Å². The Bertz CT molecular complexity index is 441. The van der Waals surface area contributed by atoms with E-state index in [0.29, 0.717) is 12.1 Å². The number of likely N-dealkylation sites (N-methyl/N-ethyl adjacent to an activating group) is 2. The fourth-order valence-electron chi connectivity index (χ4n) is 3.92. The van der Waals surface area contributed by atoms with Crippen molar-refractivity contribution in [3.63, 3.8) is 0 Å². The number of nitrogens with zero attached hydrogens (tertiary/aromatic N) is 4. The van der Waals surface area contributed by atoms with Gasteiger partial charge in [0, 0.05) is 39.3 Å². The normalized spacial score (nSPS) is 22.5. The quantitative estimate of drug-likeness (QED) is 0.585. The highest BCUT2D eigenvalue weighted by molar-refractivity contribution is 5.85. The van der Waals surface area contributed by atoms with Gasteiger partial charge in [0.05, 0.1) is 0 Å². The molecule has 25 heavy (non-hydrogen) atoms. The average Bonchev–Trinajstić information content (AvgIpc) is 3.10. The lowest BCUT2D eigenvalue weighted by Gasteiger charge is -2.30. The largest absolute Gasteiger partial charge is 0.353 e. The number of guanidine groups is 1. The molecule has 0 spiro atoms. The van der Waals surface area contributed by atoms with Crippen LogP contribution in [-0.2, 0) is 4.79 Å². The second-order valence-corrected chi connectivity index (χ2v) is 7.52. The number of hydrogen-bond acceptors (Lipinski definition) is 3. The van der Waals surface area contributed by atoms with E-state index in [1.807, 2.05) is 0 Å². The summed E-state index contributed by atoms with van der Waals surface area (Å²) in [5.41, 5.74) is 0. The van der Waals surface area contributed by atoms with Gasteiger partial charge < -0.3 is 15.1 Å². The second kappa shape index (κ2) is 10.00. The lowest BCUT2D eigenvalue weighted by molar-refractivity contribution is -0.127. The summed E-state index contributed by atoms with van der Waals surface area (Å²) in [6.07, 6.45) is 7.54. The maximum absolute atomic E-state index is 12.0. The molecule has 6 nitrogen and oxygen atoms in total. The summed E-state index contributed by atoms with van der Waals surface area (Å²) in [6, 6.07) is 1.10. The van der Waals surface area contributed by atoms with Gasteiger partial charge in [-0.15, -0.1) is 0 Å². The predicted octanol–water partition coefficient (Wildman–Crippen LogP) is 1.77. The molecule has 1 amide bonds. The first-order valence-corrected chi connectivity index (χ1v) is 10.0. The molecule has 1 unspecified atom stereocenters.